The van der Waals surface area contributed by atoms with Crippen LogP contribution in [0.25, 0.3) is 0 Å². The van der Waals surface area contributed by atoms with E-state index in [-0.39, 0.29) is 0 Å². The van der Waals surface area contributed by atoms with Gasteiger partial charge in [-0.1, -0.05) is 26.7 Å². The van der Waals surface area contributed by atoms with Gasteiger partial charge < -0.3 is 15.8 Å². The molecular formula is C15H31N3O. The van der Waals surface area contributed by atoms with Gasteiger partial charge in [-0.05, 0) is 38.0 Å². The first kappa shape index (κ1) is 16.3. The standard InChI is InChI=1S/C15H31N3O/c1-12(2)5-4-6-13(3)18-15(16)17-11-14-7-9-19-10-8-14/h12-14H,4-11H2,1-3H3,(H3,16,17,18)/t13-/m1/s1. The zero-order chi connectivity index (χ0) is 14.1. The Morgan fingerprint density at radius 1 is 1.26 bits per heavy atom. The summed E-state index contributed by atoms with van der Waals surface area (Å²) in [6.45, 7) is 9.29. The number of hydrogen-bond acceptors (Lipinski definition) is 2. The number of ether oxygens (including phenoxy) is 1. The van der Waals surface area contributed by atoms with Gasteiger partial charge in [-0.25, -0.2) is 0 Å². The van der Waals surface area contributed by atoms with E-state index in [9.17, 15) is 0 Å². The molecule has 0 aliphatic carbocycles. The number of nitrogens with two attached hydrogens (primary N) is 1. The molecule has 0 spiro atoms. The van der Waals surface area contributed by atoms with Crippen molar-refractivity contribution in [2.24, 2.45) is 22.6 Å². The maximum Gasteiger partial charge on any atom is 0.188 e. The quantitative estimate of drug-likeness (QED) is 0.551. The van der Waals surface area contributed by atoms with Crippen LogP contribution >= 0.6 is 0 Å². The average molecular weight is 269 g/mol. The zero-order valence-corrected chi connectivity index (χ0v) is 12.8. The molecule has 0 aromatic rings. The topological polar surface area (TPSA) is 59.6 Å². The minimum atomic E-state index is 0.414. The van der Waals surface area contributed by atoms with Gasteiger partial charge in [0.25, 0.3) is 0 Å². The smallest absolute Gasteiger partial charge is 0.188 e. The summed E-state index contributed by atoms with van der Waals surface area (Å²) in [5.74, 6) is 2.03. The molecule has 19 heavy (non-hydrogen) atoms. The van der Waals surface area contributed by atoms with E-state index in [1.54, 1.807) is 0 Å². The summed E-state index contributed by atoms with van der Waals surface area (Å²) in [6.07, 6.45) is 5.91. The summed E-state index contributed by atoms with van der Waals surface area (Å²) in [5.41, 5.74) is 5.93. The molecule has 0 amide bonds. The second-order valence-electron chi connectivity index (χ2n) is 6.15. The highest BCUT2D eigenvalue weighted by molar-refractivity contribution is 5.78. The highest BCUT2D eigenvalue weighted by atomic mass is 16.5. The predicted octanol–water partition coefficient (Wildman–Crippen LogP) is 2.53. The third-order valence-corrected chi connectivity index (χ3v) is 3.67. The van der Waals surface area contributed by atoms with E-state index in [0.717, 1.165) is 44.9 Å². The minimum absolute atomic E-state index is 0.414. The summed E-state index contributed by atoms with van der Waals surface area (Å²) in [4.78, 5) is 4.46. The lowest BCUT2D eigenvalue weighted by Gasteiger charge is -2.21. The molecule has 0 aromatic heterocycles. The molecule has 0 unspecified atom stereocenters. The number of guanidine groups is 1. The van der Waals surface area contributed by atoms with Crippen LogP contribution in [0.5, 0.6) is 0 Å². The molecule has 0 aromatic carbocycles. The molecule has 1 heterocycles. The summed E-state index contributed by atoms with van der Waals surface area (Å²) in [6, 6.07) is 0.414. The lowest BCUT2D eigenvalue weighted by molar-refractivity contribution is 0.0689. The van der Waals surface area contributed by atoms with E-state index in [4.69, 9.17) is 10.5 Å². The molecule has 3 N–H and O–H groups in total. The summed E-state index contributed by atoms with van der Waals surface area (Å²) in [5, 5.41) is 3.29. The second kappa shape index (κ2) is 9.18. The monoisotopic (exact) mass is 269 g/mol. The van der Waals surface area contributed by atoms with Gasteiger partial charge in [0, 0.05) is 25.8 Å². The van der Waals surface area contributed by atoms with Crippen LogP contribution in [0.15, 0.2) is 4.99 Å². The Balaban J connectivity index is 2.15. The zero-order valence-electron chi connectivity index (χ0n) is 12.8. The van der Waals surface area contributed by atoms with E-state index in [0.29, 0.717) is 17.9 Å². The molecule has 1 rings (SSSR count). The molecule has 1 atom stereocenters. The Bertz CT molecular complexity index is 260. The fraction of sp³-hybridized carbons (Fsp3) is 0.933. The third kappa shape index (κ3) is 8.09. The van der Waals surface area contributed by atoms with Crippen LogP contribution < -0.4 is 11.1 Å². The van der Waals surface area contributed by atoms with E-state index < -0.39 is 0 Å². The maximum atomic E-state index is 5.93. The number of aliphatic imine (C=N–C) groups is 1. The number of nitrogens with zero attached hydrogens (tertiary/aromatic N) is 1. The Kier molecular flexibility index (Phi) is 7.87. The van der Waals surface area contributed by atoms with Gasteiger partial charge in [0.05, 0.1) is 0 Å². The first-order chi connectivity index (χ1) is 9.08. The van der Waals surface area contributed by atoms with Crippen LogP contribution in [0.4, 0.5) is 0 Å². The van der Waals surface area contributed by atoms with Crippen LogP contribution in [-0.2, 0) is 4.74 Å². The lowest BCUT2D eigenvalue weighted by atomic mass is 10.0. The molecule has 1 aliphatic heterocycles. The maximum absolute atomic E-state index is 5.93. The fourth-order valence-electron chi connectivity index (χ4n) is 2.36. The molecule has 0 bridgehead atoms. The van der Waals surface area contributed by atoms with Gasteiger partial charge in [-0.2, -0.15) is 0 Å². The van der Waals surface area contributed by atoms with Gasteiger partial charge in [0.15, 0.2) is 5.96 Å². The van der Waals surface area contributed by atoms with Crippen molar-refractivity contribution in [2.45, 2.75) is 58.9 Å². The molecule has 4 nitrogen and oxygen atoms in total. The number of rotatable bonds is 7. The average Bonchev–Trinajstić information content (AvgIpc) is 2.37. The van der Waals surface area contributed by atoms with Crippen molar-refractivity contribution in [3.63, 3.8) is 0 Å². The first-order valence-corrected chi connectivity index (χ1v) is 7.72. The van der Waals surface area contributed by atoms with Crippen LogP contribution in [-0.4, -0.2) is 31.8 Å². The predicted molar refractivity (Wildman–Crippen MR) is 81.3 cm³/mol. The highest BCUT2D eigenvalue weighted by Gasteiger charge is 2.13. The van der Waals surface area contributed by atoms with Crippen molar-refractivity contribution < 1.29 is 4.74 Å². The molecule has 1 fully saturated rings. The van der Waals surface area contributed by atoms with Crippen molar-refractivity contribution in [3.8, 4) is 0 Å². The molecule has 112 valence electrons. The van der Waals surface area contributed by atoms with Gasteiger partial charge in [-0.3, -0.25) is 4.99 Å². The van der Waals surface area contributed by atoms with Crippen LogP contribution in [0.3, 0.4) is 0 Å². The van der Waals surface area contributed by atoms with Gasteiger partial charge in [0.2, 0.25) is 0 Å². The molecule has 1 aliphatic rings. The Labute approximate surface area is 118 Å². The van der Waals surface area contributed by atoms with Crippen molar-refractivity contribution in [1.29, 1.82) is 0 Å². The summed E-state index contributed by atoms with van der Waals surface area (Å²) >= 11 is 0. The molecule has 4 heteroatoms. The van der Waals surface area contributed by atoms with Crippen LogP contribution in [0.1, 0.15) is 52.9 Å². The second-order valence-corrected chi connectivity index (χ2v) is 6.15. The molecule has 0 radical (unpaired) electrons. The van der Waals surface area contributed by atoms with Crippen molar-refractivity contribution in [2.75, 3.05) is 19.8 Å². The van der Waals surface area contributed by atoms with Crippen LogP contribution in [0, 0.1) is 11.8 Å². The highest BCUT2D eigenvalue weighted by Crippen LogP contribution is 2.14. The van der Waals surface area contributed by atoms with Crippen LogP contribution in [0.2, 0.25) is 0 Å². The molecule has 0 saturated carbocycles. The lowest BCUT2D eigenvalue weighted by Crippen LogP contribution is -2.39. The van der Waals surface area contributed by atoms with E-state index in [1.165, 1.54) is 12.8 Å². The molecule has 1 saturated heterocycles. The van der Waals surface area contributed by atoms with Gasteiger partial charge in [-0.15, -0.1) is 0 Å². The summed E-state index contributed by atoms with van der Waals surface area (Å²) in [7, 11) is 0. The van der Waals surface area contributed by atoms with Crippen molar-refractivity contribution >= 4 is 5.96 Å². The fourth-order valence-corrected chi connectivity index (χ4v) is 2.36. The van der Waals surface area contributed by atoms with Gasteiger partial charge >= 0.3 is 0 Å². The summed E-state index contributed by atoms with van der Waals surface area (Å²) < 4.78 is 5.34. The number of nitrogens with one attached hydrogen (secondary N) is 1. The van der Waals surface area contributed by atoms with E-state index in [2.05, 4.69) is 31.1 Å². The normalized spacial score (nSPS) is 19.7. The molecular weight excluding hydrogens is 238 g/mol. The first-order valence-electron chi connectivity index (χ1n) is 7.72. The Hall–Kier alpha value is -0.770. The van der Waals surface area contributed by atoms with E-state index in [1.807, 2.05) is 0 Å². The van der Waals surface area contributed by atoms with Crippen molar-refractivity contribution in [3.05, 3.63) is 0 Å². The number of hydrogen-bond donors (Lipinski definition) is 2. The Morgan fingerprint density at radius 3 is 2.58 bits per heavy atom. The largest absolute Gasteiger partial charge is 0.381 e. The minimum Gasteiger partial charge on any atom is -0.381 e. The van der Waals surface area contributed by atoms with E-state index >= 15 is 0 Å². The van der Waals surface area contributed by atoms with Crippen molar-refractivity contribution in [1.82, 2.24) is 5.32 Å². The SMILES string of the molecule is CC(C)CCC[C@@H](C)NC(N)=NCC1CCOCC1. The van der Waals surface area contributed by atoms with Gasteiger partial charge in [0.1, 0.15) is 0 Å². The Morgan fingerprint density at radius 2 is 1.95 bits per heavy atom. The third-order valence-electron chi connectivity index (χ3n) is 3.67.